The lowest BCUT2D eigenvalue weighted by Crippen LogP contribution is -2.59. The Morgan fingerprint density at radius 1 is 1.14 bits per heavy atom. The van der Waals surface area contributed by atoms with Gasteiger partial charge in [0.2, 0.25) is 5.91 Å². The molecule has 1 saturated carbocycles. The number of nitrogens with one attached hydrogen (secondary N) is 1. The third kappa shape index (κ3) is 4.21. The summed E-state index contributed by atoms with van der Waals surface area (Å²) in [5.41, 5.74) is 0.541. The molecule has 1 aliphatic carbocycles. The second kappa shape index (κ2) is 8.63. The number of rotatable bonds is 5. The summed E-state index contributed by atoms with van der Waals surface area (Å²) in [4.78, 5) is 27.7. The topological polar surface area (TPSA) is 76.5 Å². The van der Waals surface area contributed by atoms with Crippen LogP contribution in [0.15, 0.2) is 29.1 Å². The molecule has 0 atom stereocenters. The quantitative estimate of drug-likeness (QED) is 0.828. The normalized spacial score (nSPS) is 19.9. The van der Waals surface area contributed by atoms with Gasteiger partial charge in [-0.05, 0) is 18.9 Å². The molecule has 7 nitrogen and oxygen atoms in total. The van der Waals surface area contributed by atoms with Gasteiger partial charge >= 0.3 is 0 Å². The number of benzene rings is 1. The van der Waals surface area contributed by atoms with Crippen molar-refractivity contribution in [3.8, 4) is 0 Å². The van der Waals surface area contributed by atoms with Crippen molar-refractivity contribution in [3.05, 3.63) is 40.3 Å². The number of hydrogen-bond acceptors (Lipinski definition) is 5. The number of ether oxygens (including phenoxy) is 1. The molecule has 7 heteroatoms. The van der Waals surface area contributed by atoms with Gasteiger partial charge in [-0.15, -0.1) is 0 Å². The largest absolute Gasteiger partial charge is 0.379 e. The summed E-state index contributed by atoms with van der Waals surface area (Å²) >= 11 is 0. The Morgan fingerprint density at radius 3 is 2.55 bits per heavy atom. The lowest BCUT2D eigenvalue weighted by atomic mass is 9.79. The summed E-state index contributed by atoms with van der Waals surface area (Å²) in [6, 6.07) is 7.36. The Bertz CT molecular complexity index is 927. The first kappa shape index (κ1) is 20.0. The van der Waals surface area contributed by atoms with Crippen LogP contribution >= 0.6 is 0 Å². The lowest BCUT2D eigenvalue weighted by Gasteiger charge is -2.48. The second-order valence-electron chi connectivity index (χ2n) is 8.26. The summed E-state index contributed by atoms with van der Waals surface area (Å²) < 4.78 is 6.86. The molecule has 0 bridgehead atoms. The zero-order valence-corrected chi connectivity index (χ0v) is 17.2. The molecule has 1 N–H and O–H groups in total. The molecule has 1 aromatic heterocycles. The molecule has 1 saturated heterocycles. The van der Waals surface area contributed by atoms with E-state index in [2.05, 4.69) is 15.3 Å². The van der Waals surface area contributed by atoms with E-state index in [4.69, 9.17) is 4.74 Å². The Labute approximate surface area is 171 Å². The number of aryl methyl sites for hydroxylation is 1. The van der Waals surface area contributed by atoms with Crippen molar-refractivity contribution in [2.45, 2.75) is 44.1 Å². The minimum atomic E-state index is -0.141. The molecular formula is C22H30N4O3. The summed E-state index contributed by atoms with van der Waals surface area (Å²) in [5.74, 6) is -0.0421. The number of nitrogens with zero attached hydrogens (tertiary/aromatic N) is 3. The van der Waals surface area contributed by atoms with E-state index in [1.807, 2.05) is 18.2 Å². The van der Waals surface area contributed by atoms with Crippen molar-refractivity contribution in [1.29, 1.82) is 0 Å². The minimum Gasteiger partial charge on any atom is -0.379 e. The van der Waals surface area contributed by atoms with E-state index in [1.54, 1.807) is 13.1 Å². The van der Waals surface area contributed by atoms with E-state index < -0.39 is 0 Å². The number of carbonyl (C=O) groups is 1. The highest BCUT2D eigenvalue weighted by molar-refractivity contribution is 5.88. The third-order valence-electron chi connectivity index (χ3n) is 6.44. The maximum Gasteiger partial charge on any atom is 0.274 e. The summed E-state index contributed by atoms with van der Waals surface area (Å²) in [7, 11) is 1.63. The molecule has 2 aromatic rings. The van der Waals surface area contributed by atoms with Crippen molar-refractivity contribution < 1.29 is 9.53 Å². The minimum absolute atomic E-state index is 0.0384. The predicted molar refractivity (Wildman–Crippen MR) is 112 cm³/mol. The van der Waals surface area contributed by atoms with Gasteiger partial charge in [-0.2, -0.15) is 5.10 Å². The SMILES string of the molecule is Cn1nc(CC(=O)NCC2(N3CCOCC3)CCCCC2)c2ccccc2c1=O. The molecule has 1 aromatic carbocycles. The van der Waals surface area contributed by atoms with Crippen LogP contribution in [0.5, 0.6) is 0 Å². The van der Waals surface area contributed by atoms with Crippen LogP contribution in [0.25, 0.3) is 10.8 Å². The van der Waals surface area contributed by atoms with Crippen LogP contribution in [0.4, 0.5) is 0 Å². The Hall–Kier alpha value is -2.25. The van der Waals surface area contributed by atoms with Gasteiger partial charge in [-0.3, -0.25) is 14.5 Å². The summed E-state index contributed by atoms with van der Waals surface area (Å²) in [5, 5.41) is 8.91. The van der Waals surface area contributed by atoms with Crippen molar-refractivity contribution in [3.63, 3.8) is 0 Å². The van der Waals surface area contributed by atoms with E-state index >= 15 is 0 Å². The highest BCUT2D eigenvalue weighted by Crippen LogP contribution is 2.33. The van der Waals surface area contributed by atoms with Crippen molar-refractivity contribution in [1.82, 2.24) is 20.0 Å². The van der Waals surface area contributed by atoms with Gasteiger partial charge in [0.15, 0.2) is 0 Å². The fraction of sp³-hybridized carbons (Fsp3) is 0.591. The Morgan fingerprint density at radius 2 is 1.83 bits per heavy atom. The van der Waals surface area contributed by atoms with Gasteiger partial charge < -0.3 is 10.1 Å². The Kier molecular flexibility index (Phi) is 5.96. The van der Waals surface area contributed by atoms with Gasteiger partial charge in [0.25, 0.3) is 5.56 Å². The maximum absolute atomic E-state index is 12.8. The average molecular weight is 399 g/mol. The van der Waals surface area contributed by atoms with Gasteiger partial charge in [0.1, 0.15) is 0 Å². The molecule has 2 heterocycles. The fourth-order valence-electron chi connectivity index (χ4n) is 4.84. The summed E-state index contributed by atoms with van der Waals surface area (Å²) in [6.07, 6.45) is 6.10. The fourth-order valence-corrected chi connectivity index (χ4v) is 4.84. The zero-order chi connectivity index (χ0) is 20.3. The lowest BCUT2D eigenvalue weighted by molar-refractivity contribution is -0.121. The molecule has 0 spiro atoms. The number of fused-ring (bicyclic) bond motifs is 1. The average Bonchev–Trinajstić information content (AvgIpc) is 2.77. The molecule has 2 aliphatic rings. The molecule has 29 heavy (non-hydrogen) atoms. The van der Waals surface area contributed by atoms with Crippen LogP contribution in [0.1, 0.15) is 37.8 Å². The molecule has 4 rings (SSSR count). The van der Waals surface area contributed by atoms with Gasteiger partial charge in [0, 0.05) is 37.6 Å². The first-order valence-corrected chi connectivity index (χ1v) is 10.6. The third-order valence-corrected chi connectivity index (χ3v) is 6.44. The van der Waals surface area contributed by atoms with Crippen LogP contribution in [0.2, 0.25) is 0 Å². The number of hydrogen-bond donors (Lipinski definition) is 1. The van der Waals surface area contributed by atoms with Gasteiger partial charge in [0.05, 0.1) is 30.7 Å². The summed E-state index contributed by atoms with van der Waals surface area (Å²) in [6.45, 7) is 4.06. The number of morpholine rings is 1. The molecule has 2 fully saturated rings. The molecule has 1 aliphatic heterocycles. The van der Waals surface area contributed by atoms with E-state index in [9.17, 15) is 9.59 Å². The number of carbonyl (C=O) groups excluding carboxylic acids is 1. The molecule has 156 valence electrons. The predicted octanol–water partition coefficient (Wildman–Crippen LogP) is 1.63. The monoisotopic (exact) mass is 398 g/mol. The van der Waals surface area contributed by atoms with Crippen molar-refractivity contribution in [2.24, 2.45) is 7.05 Å². The highest BCUT2D eigenvalue weighted by Gasteiger charge is 2.38. The molecule has 0 radical (unpaired) electrons. The zero-order valence-electron chi connectivity index (χ0n) is 17.2. The number of amides is 1. The standard InChI is InChI=1S/C22H30N4O3/c1-25-21(28)18-8-4-3-7-17(18)19(24-25)15-20(27)23-16-22(9-5-2-6-10-22)26-11-13-29-14-12-26/h3-4,7-8H,2,5-6,9-16H2,1H3,(H,23,27). The van der Waals surface area contributed by atoms with Crippen molar-refractivity contribution >= 4 is 16.7 Å². The van der Waals surface area contributed by atoms with Crippen molar-refractivity contribution in [2.75, 3.05) is 32.8 Å². The van der Waals surface area contributed by atoms with E-state index in [1.165, 1.54) is 23.9 Å². The first-order valence-electron chi connectivity index (χ1n) is 10.6. The van der Waals surface area contributed by atoms with Crippen LogP contribution in [-0.4, -0.2) is 59.0 Å². The Balaban J connectivity index is 1.49. The van der Waals surface area contributed by atoms with Gasteiger partial charge in [-0.1, -0.05) is 37.5 Å². The number of aromatic nitrogens is 2. The van der Waals surface area contributed by atoms with Gasteiger partial charge in [-0.25, -0.2) is 4.68 Å². The molecule has 1 amide bonds. The van der Waals surface area contributed by atoms with Crippen LogP contribution in [0, 0.1) is 0 Å². The van der Waals surface area contributed by atoms with Crippen LogP contribution in [-0.2, 0) is 23.0 Å². The maximum atomic E-state index is 12.8. The molecule has 0 unspecified atom stereocenters. The van der Waals surface area contributed by atoms with E-state index in [0.29, 0.717) is 17.6 Å². The first-order chi connectivity index (χ1) is 14.1. The molecular weight excluding hydrogens is 368 g/mol. The van der Waals surface area contributed by atoms with E-state index in [-0.39, 0.29) is 23.4 Å². The van der Waals surface area contributed by atoms with E-state index in [0.717, 1.165) is 44.5 Å². The van der Waals surface area contributed by atoms with Crippen LogP contribution in [0.3, 0.4) is 0 Å². The second-order valence-corrected chi connectivity index (χ2v) is 8.26. The highest BCUT2D eigenvalue weighted by atomic mass is 16.5. The smallest absolute Gasteiger partial charge is 0.274 e. The van der Waals surface area contributed by atoms with Crippen LogP contribution < -0.4 is 10.9 Å².